The summed E-state index contributed by atoms with van der Waals surface area (Å²) in [7, 11) is 0. The molecule has 318 valence electrons. The molecule has 0 aromatic heterocycles. The lowest BCUT2D eigenvalue weighted by molar-refractivity contribution is -0.384. The maximum absolute atomic E-state index is 13.7. The van der Waals surface area contributed by atoms with Crippen LogP contribution in [0.2, 0.25) is 0 Å². The summed E-state index contributed by atoms with van der Waals surface area (Å²) in [6, 6.07) is 7.12. The quantitative estimate of drug-likeness (QED) is 0.0313. The molecule has 2 rings (SSSR count). The van der Waals surface area contributed by atoms with Crippen molar-refractivity contribution in [2.75, 3.05) is 18.4 Å². The zero-order valence-corrected chi connectivity index (χ0v) is 33.5. The topological polar surface area (TPSA) is 289 Å². The summed E-state index contributed by atoms with van der Waals surface area (Å²) in [5.41, 5.74) is 5.21. The van der Waals surface area contributed by atoms with Gasteiger partial charge >= 0.3 is 18.3 Å². The molecular formula is C38H54N8O12. The van der Waals surface area contributed by atoms with Crippen molar-refractivity contribution in [2.24, 2.45) is 11.7 Å². The zero-order valence-electron chi connectivity index (χ0n) is 33.5. The highest BCUT2D eigenvalue weighted by Crippen LogP contribution is 2.19. The lowest BCUT2D eigenvalue weighted by Crippen LogP contribution is -2.57. The Bertz CT molecular complexity index is 1730. The number of urea groups is 1. The average molecular weight is 815 g/mol. The number of nitro groups is 1. The number of hydrogen-bond donors (Lipinski definition) is 7. The van der Waals surface area contributed by atoms with Crippen molar-refractivity contribution in [2.45, 2.75) is 104 Å². The van der Waals surface area contributed by atoms with Gasteiger partial charge in [0, 0.05) is 37.8 Å². The number of nitrogens with one attached hydrogen (secondary N) is 6. The zero-order chi connectivity index (χ0) is 43.4. The third-order valence-electron chi connectivity index (χ3n) is 7.96. The summed E-state index contributed by atoms with van der Waals surface area (Å²) in [5, 5.41) is 26.6. The third-order valence-corrected chi connectivity index (χ3v) is 7.96. The summed E-state index contributed by atoms with van der Waals surface area (Å²) in [4.78, 5) is 98.0. The number of unbranched alkanes of at least 4 members (excludes halogenated alkanes) is 1. The number of ether oxygens (including phenoxy) is 3. The van der Waals surface area contributed by atoms with Gasteiger partial charge in [0.05, 0.1) is 4.92 Å². The molecule has 0 saturated carbocycles. The van der Waals surface area contributed by atoms with Crippen molar-refractivity contribution in [3.05, 3.63) is 64.2 Å². The fourth-order valence-corrected chi connectivity index (χ4v) is 5.15. The van der Waals surface area contributed by atoms with Crippen molar-refractivity contribution in [3.8, 4) is 5.75 Å². The van der Waals surface area contributed by atoms with E-state index < -0.39 is 76.5 Å². The van der Waals surface area contributed by atoms with Crippen molar-refractivity contribution in [3.63, 3.8) is 0 Å². The number of carbonyl (C=O) groups excluding carboxylic acids is 7. The summed E-state index contributed by atoms with van der Waals surface area (Å²) in [5.74, 6) is -2.73. The monoisotopic (exact) mass is 814 g/mol. The Morgan fingerprint density at radius 1 is 0.776 bits per heavy atom. The maximum atomic E-state index is 13.7. The van der Waals surface area contributed by atoms with Crippen LogP contribution in [0.4, 0.5) is 25.8 Å². The Labute approximate surface area is 336 Å². The summed E-state index contributed by atoms with van der Waals surface area (Å²) < 4.78 is 15.3. The number of alkyl carbamates (subject to hydrolysis) is 1. The fraction of sp³-hybridized carbons (Fsp3) is 0.500. The average Bonchev–Trinajstić information content (AvgIpc) is 3.13. The number of rotatable bonds is 21. The molecule has 2 aromatic rings. The van der Waals surface area contributed by atoms with Crippen molar-refractivity contribution < 1.29 is 52.7 Å². The first-order valence-corrected chi connectivity index (χ1v) is 18.6. The first kappa shape index (κ1) is 47.7. The van der Waals surface area contributed by atoms with E-state index >= 15 is 0 Å². The molecule has 0 aliphatic rings. The highest BCUT2D eigenvalue weighted by Gasteiger charge is 2.31. The largest absolute Gasteiger partial charge is 0.514 e. The van der Waals surface area contributed by atoms with Crippen molar-refractivity contribution in [1.29, 1.82) is 0 Å². The van der Waals surface area contributed by atoms with Crippen LogP contribution in [0, 0.1) is 16.0 Å². The predicted octanol–water partition coefficient (Wildman–Crippen LogP) is 3.52. The van der Waals surface area contributed by atoms with Gasteiger partial charge in [0.1, 0.15) is 36.1 Å². The molecule has 0 saturated heterocycles. The molecular weight excluding hydrogens is 760 g/mol. The molecule has 0 unspecified atom stereocenters. The number of hydrogen-bond acceptors (Lipinski definition) is 12. The molecule has 3 atom stereocenters. The number of amides is 7. The molecule has 0 fully saturated rings. The second kappa shape index (κ2) is 23.6. The lowest BCUT2D eigenvalue weighted by atomic mass is 10.0. The van der Waals surface area contributed by atoms with Crippen LogP contribution in [-0.4, -0.2) is 83.6 Å². The molecule has 58 heavy (non-hydrogen) atoms. The fourth-order valence-electron chi connectivity index (χ4n) is 5.15. The van der Waals surface area contributed by atoms with E-state index in [-0.39, 0.29) is 50.4 Å². The second-order valence-corrected chi connectivity index (χ2v) is 14.5. The molecule has 0 radical (unpaired) electrons. The van der Waals surface area contributed by atoms with E-state index in [0.29, 0.717) is 24.1 Å². The Balaban J connectivity index is 2.04. The van der Waals surface area contributed by atoms with Crippen LogP contribution >= 0.6 is 0 Å². The van der Waals surface area contributed by atoms with E-state index in [1.54, 1.807) is 58.9 Å². The van der Waals surface area contributed by atoms with E-state index in [2.05, 4.69) is 31.9 Å². The predicted molar refractivity (Wildman–Crippen MR) is 210 cm³/mol. The van der Waals surface area contributed by atoms with Crippen LogP contribution in [0.1, 0.15) is 79.2 Å². The van der Waals surface area contributed by atoms with Gasteiger partial charge in [0.15, 0.2) is 0 Å². The molecule has 0 bridgehead atoms. The molecule has 20 nitrogen and oxygen atoms in total. The van der Waals surface area contributed by atoms with Gasteiger partial charge in [-0.1, -0.05) is 26.0 Å². The van der Waals surface area contributed by atoms with Crippen LogP contribution in [0.15, 0.2) is 48.5 Å². The number of anilines is 1. The van der Waals surface area contributed by atoms with Gasteiger partial charge in [0.25, 0.3) is 5.69 Å². The Kier molecular flexibility index (Phi) is 19.4. The van der Waals surface area contributed by atoms with E-state index in [9.17, 15) is 43.7 Å². The van der Waals surface area contributed by atoms with Crippen molar-refractivity contribution >= 4 is 53.3 Å². The molecule has 7 amide bonds. The Morgan fingerprint density at radius 2 is 1.38 bits per heavy atom. The van der Waals surface area contributed by atoms with Crippen molar-refractivity contribution in [1.82, 2.24) is 26.6 Å². The first-order chi connectivity index (χ1) is 27.2. The van der Waals surface area contributed by atoms with Crippen LogP contribution in [-0.2, 0) is 35.3 Å². The van der Waals surface area contributed by atoms with Gasteiger partial charge in [-0.25, -0.2) is 14.4 Å². The number of benzene rings is 2. The molecule has 0 aliphatic heterocycles. The number of non-ortho nitro benzene ring substituents is 1. The van der Waals surface area contributed by atoms with E-state index in [4.69, 9.17) is 19.9 Å². The number of nitrogens with two attached hydrogens (primary N) is 1. The highest BCUT2D eigenvalue weighted by atomic mass is 16.7. The number of primary amides is 1. The first-order valence-electron chi connectivity index (χ1n) is 18.6. The molecule has 20 heteroatoms. The van der Waals surface area contributed by atoms with E-state index in [1.165, 1.54) is 31.2 Å². The standard InChI is InChI=1S/C38H54N8O12/c1-23(2)31(45-33(49)29(42-24(3)47)10-7-8-20-41-36(52)58-38(4,5)6)34(50)44-30(11-9-21-40-35(39)51)32(48)43-26-14-12-25(13-15-26)22-56-37(53)57-28-18-16-27(17-19-28)46(54)55/h12-19,23,29-31H,7-11,20-22H2,1-6H3,(H,41,52)(H,42,47)(H,43,48)(H,44,50)(H,45,49)(H3,39,40,51)/t29-,30-,31-/m0/s1. The molecule has 2 aromatic carbocycles. The Hall–Kier alpha value is -6.47. The second-order valence-electron chi connectivity index (χ2n) is 14.5. The molecule has 8 N–H and O–H groups in total. The van der Waals surface area contributed by atoms with Gasteiger partial charge in [0.2, 0.25) is 23.6 Å². The summed E-state index contributed by atoms with van der Waals surface area (Å²) in [6.07, 6.45) is -0.153. The van der Waals surface area contributed by atoms with Gasteiger partial charge in [-0.05, 0) is 88.6 Å². The van der Waals surface area contributed by atoms with E-state index in [0.717, 1.165) is 0 Å². The van der Waals surface area contributed by atoms with E-state index in [1.807, 2.05) is 0 Å². The van der Waals surface area contributed by atoms with Crippen LogP contribution in [0.3, 0.4) is 0 Å². The minimum absolute atomic E-state index is 0.0511. The van der Waals surface area contributed by atoms with Crippen LogP contribution in [0.25, 0.3) is 0 Å². The summed E-state index contributed by atoms with van der Waals surface area (Å²) in [6.45, 7) is 10.1. The number of nitro benzene ring substituents is 1. The Morgan fingerprint density at radius 3 is 1.95 bits per heavy atom. The molecule has 0 heterocycles. The van der Waals surface area contributed by atoms with Crippen LogP contribution in [0.5, 0.6) is 5.75 Å². The SMILES string of the molecule is CC(=O)N[C@@H](CCCCNC(=O)OC(C)(C)C)C(=O)N[C@H](C(=O)N[C@@H](CCCNC(N)=O)C(=O)Nc1ccc(COC(=O)Oc2ccc([N+](=O)[O-])cc2)cc1)C(C)C. The van der Waals surface area contributed by atoms with Gasteiger partial charge < -0.3 is 51.8 Å². The maximum Gasteiger partial charge on any atom is 0.514 e. The van der Waals surface area contributed by atoms with Crippen LogP contribution < -0.4 is 42.4 Å². The van der Waals surface area contributed by atoms with Gasteiger partial charge in [-0.15, -0.1) is 0 Å². The molecule has 0 spiro atoms. The minimum atomic E-state index is -1.12. The molecule has 0 aliphatic carbocycles. The summed E-state index contributed by atoms with van der Waals surface area (Å²) >= 11 is 0. The third kappa shape index (κ3) is 18.9. The lowest BCUT2D eigenvalue weighted by Gasteiger charge is -2.27. The minimum Gasteiger partial charge on any atom is -0.444 e. The smallest absolute Gasteiger partial charge is 0.444 e. The number of carbonyl (C=O) groups is 7. The normalized spacial score (nSPS) is 12.5. The van der Waals surface area contributed by atoms with Gasteiger partial charge in [-0.3, -0.25) is 29.3 Å². The highest BCUT2D eigenvalue weighted by molar-refractivity contribution is 5.99. The van der Waals surface area contributed by atoms with Gasteiger partial charge in [-0.2, -0.15) is 0 Å². The number of nitrogens with zero attached hydrogens (tertiary/aromatic N) is 1.